The van der Waals surface area contributed by atoms with E-state index < -0.39 is 26.5 Å². The third-order valence-corrected chi connectivity index (χ3v) is 6.45. The number of thioether (sulfide) groups is 1. The van der Waals surface area contributed by atoms with Gasteiger partial charge < -0.3 is 0 Å². The first kappa shape index (κ1) is 18.2. The quantitative estimate of drug-likeness (QED) is 0.556. The molecule has 0 aliphatic heterocycles. The van der Waals surface area contributed by atoms with Crippen molar-refractivity contribution in [2.75, 3.05) is 0 Å². The molecule has 0 aromatic heterocycles. The van der Waals surface area contributed by atoms with E-state index in [1.807, 2.05) is 23.9 Å². The van der Waals surface area contributed by atoms with Crippen molar-refractivity contribution >= 4 is 36.3 Å². The number of benzene rings is 2. The normalized spacial score (nSPS) is 11.7. The van der Waals surface area contributed by atoms with Gasteiger partial charge in [-0.2, -0.15) is 0 Å². The van der Waals surface area contributed by atoms with E-state index in [4.69, 9.17) is 0 Å². The van der Waals surface area contributed by atoms with Crippen LogP contribution in [-0.4, -0.2) is 31.6 Å². The minimum atomic E-state index is -0.913. The van der Waals surface area contributed by atoms with Gasteiger partial charge in [-0.1, -0.05) is 0 Å². The first-order chi connectivity index (χ1) is 11.0. The van der Waals surface area contributed by atoms with Gasteiger partial charge in [-0.3, -0.25) is 0 Å². The Balaban J connectivity index is 2.09. The first-order valence-electron chi connectivity index (χ1n) is 7.37. The molecule has 0 atom stereocenters. The van der Waals surface area contributed by atoms with E-state index in [0.717, 1.165) is 5.75 Å². The van der Waals surface area contributed by atoms with Crippen LogP contribution in [0, 0.1) is 9.89 Å². The van der Waals surface area contributed by atoms with Gasteiger partial charge >= 0.3 is 154 Å². The summed E-state index contributed by atoms with van der Waals surface area (Å²) in [4.78, 5) is 0. The summed E-state index contributed by atoms with van der Waals surface area (Å²) in [5.41, 5.74) is 1.65. The zero-order chi connectivity index (χ0) is 16.5. The van der Waals surface area contributed by atoms with Gasteiger partial charge in [0.15, 0.2) is 0 Å². The molecule has 0 amide bonds. The molecule has 0 saturated carbocycles. The van der Waals surface area contributed by atoms with Gasteiger partial charge in [0.1, 0.15) is 0 Å². The van der Waals surface area contributed by atoms with Crippen LogP contribution >= 0.6 is 11.8 Å². The molecule has 0 unspecified atom stereocenters. The van der Waals surface area contributed by atoms with Crippen molar-refractivity contribution in [2.24, 2.45) is 0 Å². The van der Waals surface area contributed by atoms with Crippen LogP contribution in [0.4, 0.5) is 0 Å². The molecule has 0 radical (unpaired) electrons. The Morgan fingerprint density at radius 3 is 2.30 bits per heavy atom. The molecule has 1 N–H and O–H groups in total. The Morgan fingerprint density at radius 2 is 1.70 bits per heavy atom. The molecule has 3 heteroatoms. The van der Waals surface area contributed by atoms with Crippen molar-refractivity contribution in [3.8, 4) is 9.89 Å². The molecule has 0 aliphatic carbocycles. The molecule has 0 fully saturated rings. The van der Waals surface area contributed by atoms with Crippen LogP contribution in [0.1, 0.15) is 25.0 Å². The van der Waals surface area contributed by atoms with Crippen molar-refractivity contribution in [2.45, 2.75) is 25.2 Å². The Bertz CT molecular complexity index is 691. The SMILES string of the molecule is CC(C)(O)C#C[Te]/C(=C/SCc1ccccc1)c1ccccc1. The van der Waals surface area contributed by atoms with Gasteiger partial charge in [-0.15, -0.1) is 0 Å². The number of hydrogen-bond acceptors (Lipinski definition) is 2. The number of hydrogen-bond donors (Lipinski definition) is 1. The topological polar surface area (TPSA) is 20.2 Å². The summed E-state index contributed by atoms with van der Waals surface area (Å²) in [5, 5.41) is 12.0. The molecule has 2 rings (SSSR count). The Morgan fingerprint density at radius 1 is 1.09 bits per heavy atom. The monoisotopic (exact) mass is 438 g/mol. The zero-order valence-electron chi connectivity index (χ0n) is 13.3. The Kier molecular flexibility index (Phi) is 7.28. The average Bonchev–Trinajstić information content (AvgIpc) is 2.54. The van der Waals surface area contributed by atoms with Crippen LogP contribution < -0.4 is 0 Å². The molecule has 2 aromatic carbocycles. The van der Waals surface area contributed by atoms with Gasteiger partial charge in [0.25, 0.3) is 0 Å². The van der Waals surface area contributed by atoms with Crippen LogP contribution in [0.3, 0.4) is 0 Å². The van der Waals surface area contributed by atoms with Crippen LogP contribution in [0.5, 0.6) is 0 Å². The predicted octanol–water partition coefficient (Wildman–Crippen LogP) is 4.35. The van der Waals surface area contributed by atoms with Gasteiger partial charge in [-0.25, -0.2) is 0 Å². The Labute approximate surface area is 153 Å². The summed E-state index contributed by atoms with van der Waals surface area (Å²) in [7, 11) is 0. The van der Waals surface area contributed by atoms with Gasteiger partial charge in [0.05, 0.1) is 0 Å². The molecular formula is C20H20OSTe. The summed E-state index contributed by atoms with van der Waals surface area (Å²) in [6.07, 6.45) is 0. The van der Waals surface area contributed by atoms with E-state index in [0.29, 0.717) is 0 Å². The number of aliphatic hydroxyl groups is 1. The Hall–Kier alpha value is -1.16. The van der Waals surface area contributed by atoms with Crippen molar-refractivity contribution in [3.63, 3.8) is 0 Å². The molecule has 0 aliphatic rings. The molecule has 118 valence electrons. The van der Waals surface area contributed by atoms with Crippen molar-refractivity contribution in [1.82, 2.24) is 0 Å². The fourth-order valence-corrected chi connectivity index (χ4v) is 5.44. The summed E-state index contributed by atoms with van der Waals surface area (Å²) in [6, 6.07) is 20.9. The molecule has 0 heterocycles. The zero-order valence-corrected chi connectivity index (χ0v) is 16.5. The fourth-order valence-electron chi connectivity index (χ4n) is 1.75. The molecular weight excluding hydrogens is 416 g/mol. The van der Waals surface area contributed by atoms with Gasteiger partial charge in [0.2, 0.25) is 0 Å². The van der Waals surface area contributed by atoms with Crippen molar-refractivity contribution < 1.29 is 5.11 Å². The second-order valence-corrected chi connectivity index (χ2v) is 8.81. The third-order valence-electron chi connectivity index (χ3n) is 2.86. The summed E-state index contributed by atoms with van der Waals surface area (Å²) in [5.74, 6) is 3.90. The van der Waals surface area contributed by atoms with E-state index in [9.17, 15) is 5.11 Å². The van der Waals surface area contributed by atoms with Crippen LogP contribution in [0.15, 0.2) is 66.1 Å². The first-order valence-corrected chi connectivity index (χ1v) is 10.7. The standard InChI is InChI=1S/C20H20OSTe/c1-20(2,21)13-14-23-19(18-11-7-4-8-12-18)16-22-15-17-9-5-3-6-10-17/h3-12,16,21H,15H2,1-2H3/b19-16+. The molecule has 0 spiro atoms. The van der Waals surface area contributed by atoms with E-state index in [1.165, 1.54) is 14.7 Å². The molecule has 1 nitrogen and oxygen atoms in total. The second kappa shape index (κ2) is 9.21. The average molecular weight is 436 g/mol. The minimum absolute atomic E-state index is 0.646. The van der Waals surface area contributed by atoms with Gasteiger partial charge in [-0.05, 0) is 0 Å². The van der Waals surface area contributed by atoms with E-state index in [-0.39, 0.29) is 0 Å². The summed E-state index contributed by atoms with van der Waals surface area (Å²) in [6.45, 7) is 3.45. The number of rotatable bonds is 5. The maximum absolute atomic E-state index is 9.75. The van der Waals surface area contributed by atoms with E-state index in [1.54, 1.807) is 13.8 Å². The molecule has 0 bridgehead atoms. The van der Waals surface area contributed by atoms with E-state index in [2.05, 4.69) is 63.8 Å². The maximum atomic E-state index is 9.75. The third kappa shape index (κ3) is 7.30. The van der Waals surface area contributed by atoms with Crippen LogP contribution in [0.25, 0.3) is 3.62 Å². The molecule has 0 saturated heterocycles. The second-order valence-electron chi connectivity index (χ2n) is 5.53. The summed E-state index contributed by atoms with van der Waals surface area (Å²) < 4.78 is 4.53. The molecule has 2 aromatic rings. The van der Waals surface area contributed by atoms with Crippen molar-refractivity contribution in [1.29, 1.82) is 0 Å². The summed E-state index contributed by atoms with van der Waals surface area (Å²) >= 11 is 1.16. The van der Waals surface area contributed by atoms with Gasteiger partial charge in [0, 0.05) is 0 Å². The van der Waals surface area contributed by atoms with E-state index >= 15 is 0 Å². The fraction of sp³-hybridized carbons (Fsp3) is 0.200. The van der Waals surface area contributed by atoms with Crippen molar-refractivity contribution in [3.05, 3.63) is 77.2 Å². The molecule has 23 heavy (non-hydrogen) atoms. The predicted molar refractivity (Wildman–Crippen MR) is 102 cm³/mol. The van der Waals surface area contributed by atoms with Crippen LogP contribution in [0.2, 0.25) is 0 Å². The van der Waals surface area contributed by atoms with Crippen LogP contribution in [-0.2, 0) is 5.75 Å².